The topological polar surface area (TPSA) is 20.3 Å². The van der Waals surface area contributed by atoms with Crippen LogP contribution in [0.2, 0.25) is 0 Å². The number of amides is 1. The summed E-state index contributed by atoms with van der Waals surface area (Å²) >= 11 is 3.41. The van der Waals surface area contributed by atoms with Gasteiger partial charge >= 0.3 is 0 Å². The van der Waals surface area contributed by atoms with Crippen LogP contribution in [0, 0.1) is 6.92 Å². The number of anilines is 1. The molecule has 2 nitrogen and oxygen atoms in total. The molecule has 0 aromatic heterocycles. The molecule has 0 heterocycles. The predicted molar refractivity (Wildman–Crippen MR) is 72.2 cm³/mol. The van der Waals surface area contributed by atoms with Gasteiger partial charge in [0.15, 0.2) is 0 Å². The van der Waals surface area contributed by atoms with E-state index in [1.54, 1.807) is 0 Å². The maximum Gasteiger partial charge on any atom is 0.240 e. The number of hydrogen-bond donors (Lipinski definition) is 0. The number of benzene rings is 1. The molecule has 1 amide bonds. The lowest BCUT2D eigenvalue weighted by Crippen LogP contribution is -2.36. The zero-order valence-corrected chi connectivity index (χ0v) is 11.6. The molecule has 0 fully saturated rings. The van der Waals surface area contributed by atoms with Gasteiger partial charge in [-0.05, 0) is 38.0 Å². The van der Waals surface area contributed by atoms with E-state index >= 15 is 0 Å². The lowest BCUT2D eigenvalue weighted by atomic mass is 10.2. The number of hydrogen-bond acceptors (Lipinski definition) is 1. The Balaban J connectivity index is 2.94. The highest BCUT2D eigenvalue weighted by molar-refractivity contribution is 9.10. The lowest BCUT2D eigenvalue weighted by molar-refractivity contribution is -0.118. The fourth-order valence-electron chi connectivity index (χ4n) is 1.61. The molecular formula is C13H18BrNO. The molecule has 1 aromatic rings. The van der Waals surface area contributed by atoms with Crippen molar-refractivity contribution in [3.63, 3.8) is 0 Å². The molecule has 88 valence electrons. The molecule has 16 heavy (non-hydrogen) atoms. The molecule has 0 radical (unpaired) electrons. The molecule has 1 atom stereocenters. The first-order valence-corrected chi connectivity index (χ1v) is 6.53. The Morgan fingerprint density at radius 3 is 2.62 bits per heavy atom. The zero-order valence-electron chi connectivity index (χ0n) is 10.0. The first kappa shape index (κ1) is 13.2. The monoisotopic (exact) mass is 283 g/mol. The highest BCUT2D eigenvalue weighted by Gasteiger charge is 2.20. The molecule has 1 aromatic carbocycles. The third kappa shape index (κ3) is 3.08. The van der Waals surface area contributed by atoms with Crippen LogP contribution in [0.4, 0.5) is 5.69 Å². The Kier molecular flexibility index (Phi) is 5.00. The molecule has 0 aliphatic heterocycles. The minimum absolute atomic E-state index is 0.0898. The van der Waals surface area contributed by atoms with Gasteiger partial charge in [0.2, 0.25) is 5.91 Å². The van der Waals surface area contributed by atoms with Crippen LogP contribution < -0.4 is 4.90 Å². The van der Waals surface area contributed by atoms with Crippen LogP contribution in [0.5, 0.6) is 0 Å². The van der Waals surface area contributed by atoms with E-state index in [1.165, 1.54) is 5.56 Å². The molecule has 1 unspecified atom stereocenters. The highest BCUT2D eigenvalue weighted by atomic mass is 79.9. The van der Waals surface area contributed by atoms with Gasteiger partial charge in [0.25, 0.3) is 0 Å². The van der Waals surface area contributed by atoms with Crippen molar-refractivity contribution in [2.45, 2.75) is 32.0 Å². The molecule has 0 saturated heterocycles. The maximum absolute atomic E-state index is 12.1. The number of rotatable bonds is 4. The molecular weight excluding hydrogens is 266 g/mol. The van der Waals surface area contributed by atoms with Gasteiger partial charge in [0.1, 0.15) is 0 Å². The fourth-order valence-corrected chi connectivity index (χ4v) is 1.85. The van der Waals surface area contributed by atoms with Crippen molar-refractivity contribution in [1.29, 1.82) is 0 Å². The number of alkyl halides is 1. The van der Waals surface area contributed by atoms with E-state index in [1.807, 2.05) is 49.9 Å². The Morgan fingerprint density at radius 2 is 2.12 bits per heavy atom. The molecule has 1 rings (SSSR count). The standard InChI is InChI=1S/C13H18BrNO/c1-4-12(14)13(16)15(5-2)11-8-6-7-10(3)9-11/h6-9,12H,4-5H2,1-3H3. The van der Waals surface area contributed by atoms with Crippen molar-refractivity contribution < 1.29 is 4.79 Å². The van der Waals surface area contributed by atoms with Gasteiger partial charge in [-0.2, -0.15) is 0 Å². The average Bonchev–Trinajstić information content (AvgIpc) is 2.29. The summed E-state index contributed by atoms with van der Waals surface area (Å²) in [6.45, 7) is 6.73. The van der Waals surface area contributed by atoms with Crippen molar-refractivity contribution >= 4 is 27.5 Å². The van der Waals surface area contributed by atoms with Crippen molar-refractivity contribution in [1.82, 2.24) is 0 Å². The van der Waals surface area contributed by atoms with E-state index in [2.05, 4.69) is 15.9 Å². The van der Waals surface area contributed by atoms with Crippen LogP contribution >= 0.6 is 15.9 Å². The predicted octanol–water partition coefficient (Wildman–Crippen LogP) is 3.52. The Morgan fingerprint density at radius 1 is 1.44 bits per heavy atom. The number of aryl methyl sites for hydroxylation is 1. The van der Waals surface area contributed by atoms with Gasteiger partial charge in [-0.15, -0.1) is 0 Å². The summed E-state index contributed by atoms with van der Waals surface area (Å²) in [6.07, 6.45) is 0.807. The van der Waals surface area contributed by atoms with Crippen LogP contribution in [-0.2, 0) is 4.79 Å². The number of nitrogens with zero attached hydrogens (tertiary/aromatic N) is 1. The smallest absolute Gasteiger partial charge is 0.240 e. The molecule has 0 saturated carbocycles. The van der Waals surface area contributed by atoms with E-state index in [0.29, 0.717) is 6.54 Å². The summed E-state index contributed by atoms with van der Waals surface area (Å²) < 4.78 is 0. The first-order chi connectivity index (χ1) is 7.60. The summed E-state index contributed by atoms with van der Waals surface area (Å²) in [4.78, 5) is 13.8. The second-order valence-corrected chi connectivity index (χ2v) is 4.90. The third-order valence-corrected chi connectivity index (χ3v) is 3.56. The molecule has 0 N–H and O–H groups in total. The van der Waals surface area contributed by atoms with Gasteiger partial charge in [0, 0.05) is 12.2 Å². The number of carbonyl (C=O) groups excluding carboxylic acids is 1. The Bertz CT molecular complexity index is 365. The van der Waals surface area contributed by atoms with Gasteiger partial charge in [0.05, 0.1) is 4.83 Å². The molecule has 0 spiro atoms. The van der Waals surface area contributed by atoms with E-state index in [4.69, 9.17) is 0 Å². The van der Waals surface area contributed by atoms with Crippen LogP contribution in [0.3, 0.4) is 0 Å². The van der Waals surface area contributed by atoms with Crippen molar-refractivity contribution in [2.75, 3.05) is 11.4 Å². The van der Waals surface area contributed by atoms with Crippen LogP contribution in [0.25, 0.3) is 0 Å². The summed E-state index contributed by atoms with van der Waals surface area (Å²) in [5, 5.41) is 0. The van der Waals surface area contributed by atoms with E-state index < -0.39 is 0 Å². The van der Waals surface area contributed by atoms with Gasteiger partial charge in [-0.1, -0.05) is 35.0 Å². The first-order valence-electron chi connectivity index (χ1n) is 5.62. The van der Waals surface area contributed by atoms with Crippen molar-refractivity contribution in [3.05, 3.63) is 29.8 Å². The SMILES string of the molecule is CCC(Br)C(=O)N(CC)c1cccc(C)c1. The second kappa shape index (κ2) is 6.04. The van der Waals surface area contributed by atoms with Crippen LogP contribution in [0.15, 0.2) is 24.3 Å². The van der Waals surface area contributed by atoms with Crippen LogP contribution in [-0.4, -0.2) is 17.3 Å². The third-order valence-electron chi connectivity index (χ3n) is 2.52. The average molecular weight is 284 g/mol. The number of carbonyl (C=O) groups is 1. The largest absolute Gasteiger partial charge is 0.312 e. The van der Waals surface area contributed by atoms with Gasteiger partial charge in [-0.3, -0.25) is 4.79 Å². The summed E-state index contributed by atoms with van der Waals surface area (Å²) in [6, 6.07) is 8.03. The molecule has 0 aliphatic rings. The van der Waals surface area contributed by atoms with E-state index in [0.717, 1.165) is 12.1 Å². The van der Waals surface area contributed by atoms with Gasteiger partial charge < -0.3 is 4.90 Å². The van der Waals surface area contributed by atoms with Crippen LogP contribution in [0.1, 0.15) is 25.8 Å². The number of halogens is 1. The zero-order chi connectivity index (χ0) is 12.1. The quantitative estimate of drug-likeness (QED) is 0.775. The molecule has 0 aliphatic carbocycles. The highest BCUT2D eigenvalue weighted by Crippen LogP contribution is 2.19. The van der Waals surface area contributed by atoms with Gasteiger partial charge in [-0.25, -0.2) is 0 Å². The van der Waals surface area contributed by atoms with Crippen molar-refractivity contribution in [2.24, 2.45) is 0 Å². The minimum Gasteiger partial charge on any atom is -0.312 e. The lowest BCUT2D eigenvalue weighted by Gasteiger charge is -2.23. The minimum atomic E-state index is -0.0898. The second-order valence-electron chi connectivity index (χ2n) is 3.80. The van der Waals surface area contributed by atoms with E-state index in [-0.39, 0.29) is 10.7 Å². The summed E-state index contributed by atoms with van der Waals surface area (Å²) in [5.74, 6) is 0.135. The summed E-state index contributed by atoms with van der Waals surface area (Å²) in [5.41, 5.74) is 2.15. The molecule has 3 heteroatoms. The van der Waals surface area contributed by atoms with Crippen molar-refractivity contribution in [3.8, 4) is 0 Å². The Labute approximate surface area is 106 Å². The summed E-state index contributed by atoms with van der Waals surface area (Å²) in [7, 11) is 0. The molecule has 0 bridgehead atoms. The Hall–Kier alpha value is -0.830. The normalized spacial score (nSPS) is 12.2. The maximum atomic E-state index is 12.1. The van der Waals surface area contributed by atoms with E-state index in [9.17, 15) is 4.79 Å². The fraction of sp³-hybridized carbons (Fsp3) is 0.462.